The maximum Gasteiger partial charge on any atom is 0.330 e. The van der Waals surface area contributed by atoms with Gasteiger partial charge in [0.1, 0.15) is 12.4 Å². The topological polar surface area (TPSA) is 57.3 Å². The smallest absolute Gasteiger partial charge is 0.330 e. The van der Waals surface area contributed by atoms with Crippen LogP contribution in [0.5, 0.6) is 0 Å². The average Bonchev–Trinajstić information content (AvgIpc) is 2.98. The number of hydrogen-bond acceptors (Lipinski definition) is 4. The van der Waals surface area contributed by atoms with Crippen molar-refractivity contribution in [2.45, 2.75) is 6.54 Å². The molecule has 0 atom stereocenters. The number of esters is 1. The summed E-state index contributed by atoms with van der Waals surface area (Å²) in [6, 6.07) is 5.43. The second-order valence-electron chi connectivity index (χ2n) is 3.41. The van der Waals surface area contributed by atoms with Crippen molar-refractivity contribution in [3.63, 3.8) is 0 Å². The van der Waals surface area contributed by atoms with Crippen molar-refractivity contribution in [3.8, 4) is 0 Å². The van der Waals surface area contributed by atoms with Gasteiger partial charge in [-0.25, -0.2) is 4.79 Å². The monoisotopic (exact) mass is 358 g/mol. The van der Waals surface area contributed by atoms with Crippen LogP contribution in [0.1, 0.15) is 5.76 Å². The van der Waals surface area contributed by atoms with E-state index in [1.54, 1.807) is 23.0 Å². The minimum Gasteiger partial charge on any atom is -0.461 e. The molecule has 6 heteroatoms. The standard InChI is InChI=1S/C12H11IN2O3/c13-11-4-2-10(18-11)3-5-12(16)17-9-8-15-7-1-6-14-15/h1-7H,8-9H2/b5-3+. The number of hydrogen-bond donors (Lipinski definition) is 0. The van der Waals surface area contributed by atoms with Crippen LogP contribution in [-0.4, -0.2) is 22.4 Å². The lowest BCUT2D eigenvalue weighted by atomic mass is 10.4. The second kappa shape index (κ2) is 6.39. The maximum absolute atomic E-state index is 11.4. The third-order valence-electron chi connectivity index (χ3n) is 2.10. The van der Waals surface area contributed by atoms with Gasteiger partial charge in [0.15, 0.2) is 3.77 Å². The van der Waals surface area contributed by atoms with E-state index in [2.05, 4.69) is 27.7 Å². The van der Waals surface area contributed by atoms with Gasteiger partial charge in [0.2, 0.25) is 0 Å². The van der Waals surface area contributed by atoms with Crippen LogP contribution in [0.25, 0.3) is 6.08 Å². The van der Waals surface area contributed by atoms with Gasteiger partial charge in [-0.05, 0) is 46.9 Å². The largest absolute Gasteiger partial charge is 0.461 e. The first-order valence-electron chi connectivity index (χ1n) is 5.31. The van der Waals surface area contributed by atoms with E-state index in [1.807, 2.05) is 18.3 Å². The lowest BCUT2D eigenvalue weighted by molar-refractivity contribution is -0.138. The van der Waals surface area contributed by atoms with E-state index in [0.29, 0.717) is 18.9 Å². The fraction of sp³-hybridized carbons (Fsp3) is 0.167. The summed E-state index contributed by atoms with van der Waals surface area (Å²) in [6.07, 6.45) is 6.42. The zero-order valence-corrected chi connectivity index (χ0v) is 11.6. The van der Waals surface area contributed by atoms with Gasteiger partial charge in [0.25, 0.3) is 0 Å². The Morgan fingerprint density at radius 3 is 3.11 bits per heavy atom. The van der Waals surface area contributed by atoms with Gasteiger partial charge in [-0.1, -0.05) is 0 Å². The SMILES string of the molecule is O=C(/C=C/c1ccc(I)o1)OCCn1cccn1. The van der Waals surface area contributed by atoms with E-state index >= 15 is 0 Å². The van der Waals surface area contributed by atoms with Crippen LogP contribution < -0.4 is 0 Å². The van der Waals surface area contributed by atoms with Crippen molar-refractivity contribution in [1.82, 2.24) is 9.78 Å². The molecule has 94 valence electrons. The zero-order chi connectivity index (χ0) is 12.8. The molecule has 2 heterocycles. The molecule has 0 saturated carbocycles. The molecule has 0 bridgehead atoms. The minimum absolute atomic E-state index is 0.292. The first-order chi connectivity index (χ1) is 8.74. The zero-order valence-electron chi connectivity index (χ0n) is 9.45. The highest BCUT2D eigenvalue weighted by atomic mass is 127. The van der Waals surface area contributed by atoms with Crippen LogP contribution in [0.2, 0.25) is 0 Å². The van der Waals surface area contributed by atoms with Gasteiger partial charge in [0.05, 0.1) is 6.54 Å². The molecule has 0 aliphatic carbocycles. The van der Waals surface area contributed by atoms with E-state index in [0.717, 1.165) is 3.77 Å². The normalized spacial score (nSPS) is 10.9. The maximum atomic E-state index is 11.4. The number of carbonyl (C=O) groups is 1. The van der Waals surface area contributed by atoms with Crippen LogP contribution in [0.15, 0.2) is 41.1 Å². The molecular weight excluding hydrogens is 347 g/mol. The molecule has 2 aromatic heterocycles. The van der Waals surface area contributed by atoms with Crippen molar-refractivity contribution in [3.05, 3.63) is 46.2 Å². The number of aromatic nitrogens is 2. The number of halogens is 1. The highest BCUT2D eigenvalue weighted by molar-refractivity contribution is 14.1. The number of rotatable bonds is 5. The number of ether oxygens (including phenoxy) is 1. The number of carbonyl (C=O) groups excluding carboxylic acids is 1. The fourth-order valence-corrected chi connectivity index (χ4v) is 1.72. The van der Waals surface area contributed by atoms with Gasteiger partial charge in [-0.15, -0.1) is 0 Å². The lowest BCUT2D eigenvalue weighted by Crippen LogP contribution is -2.09. The molecule has 0 aliphatic heterocycles. The number of furan rings is 1. The van der Waals surface area contributed by atoms with Crippen LogP contribution in [0, 0.1) is 3.77 Å². The first-order valence-corrected chi connectivity index (χ1v) is 6.39. The number of nitrogens with zero attached hydrogens (tertiary/aromatic N) is 2. The van der Waals surface area contributed by atoms with Crippen molar-refractivity contribution >= 4 is 34.6 Å². The van der Waals surface area contributed by atoms with E-state index in [-0.39, 0.29) is 0 Å². The van der Waals surface area contributed by atoms with Crippen LogP contribution in [0.3, 0.4) is 0 Å². The third-order valence-corrected chi connectivity index (χ3v) is 2.68. The van der Waals surface area contributed by atoms with E-state index in [1.165, 1.54) is 6.08 Å². The second-order valence-corrected chi connectivity index (χ2v) is 4.48. The lowest BCUT2D eigenvalue weighted by Gasteiger charge is -2.01. The van der Waals surface area contributed by atoms with Gasteiger partial charge in [-0.2, -0.15) is 5.10 Å². The molecule has 0 aliphatic rings. The van der Waals surface area contributed by atoms with Crippen LogP contribution in [0.4, 0.5) is 0 Å². The van der Waals surface area contributed by atoms with E-state index < -0.39 is 5.97 Å². The highest BCUT2D eigenvalue weighted by Crippen LogP contribution is 2.11. The summed E-state index contributed by atoms with van der Waals surface area (Å²) < 4.78 is 12.8. The molecule has 2 aromatic rings. The summed E-state index contributed by atoms with van der Waals surface area (Å²) in [4.78, 5) is 11.4. The third kappa shape index (κ3) is 4.02. The Morgan fingerprint density at radius 1 is 1.56 bits per heavy atom. The molecular formula is C12H11IN2O3. The molecule has 0 saturated heterocycles. The summed E-state index contributed by atoms with van der Waals surface area (Å²) in [5, 5.41) is 4.00. The summed E-state index contributed by atoms with van der Waals surface area (Å²) in [5.41, 5.74) is 0. The Kier molecular flexibility index (Phi) is 4.57. The molecule has 0 aromatic carbocycles. The Morgan fingerprint density at radius 2 is 2.44 bits per heavy atom. The summed E-state index contributed by atoms with van der Waals surface area (Å²) in [5.74, 6) is 0.233. The average molecular weight is 358 g/mol. The van der Waals surface area contributed by atoms with E-state index in [9.17, 15) is 4.79 Å². The highest BCUT2D eigenvalue weighted by Gasteiger charge is 1.99. The summed E-state index contributed by atoms with van der Waals surface area (Å²) >= 11 is 2.06. The van der Waals surface area contributed by atoms with Gasteiger partial charge in [-0.3, -0.25) is 4.68 Å². The van der Waals surface area contributed by atoms with E-state index in [4.69, 9.17) is 9.15 Å². The molecule has 0 radical (unpaired) electrons. The Bertz CT molecular complexity index is 531. The molecule has 18 heavy (non-hydrogen) atoms. The summed E-state index contributed by atoms with van der Waals surface area (Å²) in [7, 11) is 0. The Balaban J connectivity index is 1.73. The molecule has 0 unspecified atom stereocenters. The van der Waals surface area contributed by atoms with Crippen LogP contribution >= 0.6 is 22.6 Å². The molecule has 0 spiro atoms. The van der Waals surface area contributed by atoms with Crippen molar-refractivity contribution in [1.29, 1.82) is 0 Å². The molecule has 5 nitrogen and oxygen atoms in total. The van der Waals surface area contributed by atoms with Crippen molar-refractivity contribution < 1.29 is 13.9 Å². The van der Waals surface area contributed by atoms with Crippen molar-refractivity contribution in [2.24, 2.45) is 0 Å². The first kappa shape index (κ1) is 12.9. The predicted molar refractivity (Wildman–Crippen MR) is 73.6 cm³/mol. The summed E-state index contributed by atoms with van der Waals surface area (Å²) in [6.45, 7) is 0.839. The molecule has 2 rings (SSSR count). The Labute approximate surface area is 118 Å². The fourth-order valence-electron chi connectivity index (χ4n) is 1.29. The molecule has 0 fully saturated rings. The van der Waals surface area contributed by atoms with Gasteiger partial charge >= 0.3 is 5.97 Å². The van der Waals surface area contributed by atoms with Crippen LogP contribution in [-0.2, 0) is 16.1 Å². The van der Waals surface area contributed by atoms with Gasteiger partial charge in [0, 0.05) is 18.5 Å². The predicted octanol–water partition coefficient (Wildman–Crippen LogP) is 2.34. The minimum atomic E-state index is -0.395. The van der Waals surface area contributed by atoms with Crippen molar-refractivity contribution in [2.75, 3.05) is 6.61 Å². The Hall–Kier alpha value is -1.57. The molecule has 0 N–H and O–H groups in total. The quantitative estimate of drug-likeness (QED) is 0.468. The molecule has 0 amide bonds. The van der Waals surface area contributed by atoms with Gasteiger partial charge < -0.3 is 9.15 Å².